The van der Waals surface area contributed by atoms with Gasteiger partial charge >= 0.3 is 6.09 Å². The molecule has 0 radical (unpaired) electrons. The van der Waals surface area contributed by atoms with Gasteiger partial charge in [0.15, 0.2) is 0 Å². The number of nitrogen functional groups attached to an aromatic ring is 1. The molecule has 0 spiro atoms. The zero-order valence-electron chi connectivity index (χ0n) is 26.1. The summed E-state index contributed by atoms with van der Waals surface area (Å²) in [7, 11) is 0. The van der Waals surface area contributed by atoms with Gasteiger partial charge in [0.05, 0.1) is 22.8 Å². The van der Waals surface area contributed by atoms with E-state index in [0.29, 0.717) is 43.2 Å². The highest BCUT2D eigenvalue weighted by molar-refractivity contribution is 6.05. The summed E-state index contributed by atoms with van der Waals surface area (Å²) in [5.41, 5.74) is 10.1. The van der Waals surface area contributed by atoms with Crippen LogP contribution in [-0.2, 0) is 17.7 Å². The summed E-state index contributed by atoms with van der Waals surface area (Å²) < 4.78 is 11.1. The van der Waals surface area contributed by atoms with Crippen LogP contribution >= 0.6 is 0 Å². The molecule has 7 rings (SSSR count). The number of amides is 2. The molecule has 3 N–H and O–H groups in total. The number of fused-ring (bicyclic) bond motifs is 2. The second kappa shape index (κ2) is 11.2. The number of anilines is 2. The largest absolute Gasteiger partial charge is 0.444 e. The van der Waals surface area contributed by atoms with Crippen molar-refractivity contribution in [2.24, 2.45) is 0 Å². The summed E-state index contributed by atoms with van der Waals surface area (Å²) in [4.78, 5) is 50.1. The lowest BCUT2D eigenvalue weighted by Gasteiger charge is -2.40. The van der Waals surface area contributed by atoms with Crippen molar-refractivity contribution in [3.05, 3.63) is 88.7 Å². The SMILES string of the molecule is CC(C)(C)OC(=O)N1CC(n2cc(-c3ccc(NC(=O)c4c5n(n(-c6ccccc6)c4=O)CCCC5)cc3)c3c(N)ncnc32)C1. The molecule has 0 unspecified atom stereocenters. The molecule has 0 bridgehead atoms. The Morgan fingerprint density at radius 2 is 1.74 bits per heavy atom. The van der Waals surface area contributed by atoms with Gasteiger partial charge in [-0.3, -0.25) is 14.3 Å². The molecule has 2 aliphatic rings. The Morgan fingerprint density at radius 3 is 2.46 bits per heavy atom. The van der Waals surface area contributed by atoms with E-state index in [1.54, 1.807) is 9.58 Å². The molecule has 2 amide bonds. The average Bonchev–Trinajstić information content (AvgIpc) is 3.52. The lowest BCUT2D eigenvalue weighted by atomic mass is 10.0. The highest BCUT2D eigenvalue weighted by Crippen LogP contribution is 2.37. The molecule has 46 heavy (non-hydrogen) atoms. The van der Waals surface area contributed by atoms with Crippen LogP contribution in [0.5, 0.6) is 0 Å². The van der Waals surface area contributed by atoms with E-state index in [2.05, 4.69) is 15.3 Å². The number of ether oxygens (including phenoxy) is 1. The summed E-state index contributed by atoms with van der Waals surface area (Å²) in [5, 5.41) is 3.66. The van der Waals surface area contributed by atoms with Gasteiger partial charge in [0.2, 0.25) is 0 Å². The van der Waals surface area contributed by atoms with Crippen LogP contribution in [0.1, 0.15) is 55.7 Å². The Bertz CT molecular complexity index is 2010. The van der Waals surface area contributed by atoms with E-state index in [0.717, 1.165) is 40.7 Å². The number of nitrogens with two attached hydrogens (primary N) is 1. The van der Waals surface area contributed by atoms with Gasteiger partial charge in [-0.15, -0.1) is 0 Å². The maximum absolute atomic E-state index is 13.6. The van der Waals surface area contributed by atoms with Crippen molar-refractivity contribution in [2.75, 3.05) is 24.1 Å². The number of nitrogens with one attached hydrogen (secondary N) is 1. The van der Waals surface area contributed by atoms with Crippen molar-refractivity contribution in [1.82, 2.24) is 28.8 Å². The molecule has 0 saturated carbocycles. The third-order valence-electron chi connectivity index (χ3n) is 8.51. The summed E-state index contributed by atoms with van der Waals surface area (Å²) in [5.74, 6) is -0.0699. The molecular formula is C34H36N8O4. The molecule has 2 aromatic carbocycles. The van der Waals surface area contributed by atoms with Gasteiger partial charge in [-0.2, -0.15) is 0 Å². The number of hydrogen-bond acceptors (Lipinski definition) is 7. The first-order valence-corrected chi connectivity index (χ1v) is 15.5. The normalized spacial score (nSPS) is 15.0. The summed E-state index contributed by atoms with van der Waals surface area (Å²) >= 11 is 0. The number of carbonyl (C=O) groups excluding carboxylic acids is 2. The topological polar surface area (TPSA) is 142 Å². The molecular weight excluding hydrogens is 584 g/mol. The van der Waals surface area contributed by atoms with Gasteiger partial charge in [-0.05, 0) is 69.9 Å². The Hall–Kier alpha value is -5.39. The van der Waals surface area contributed by atoms with Crippen LogP contribution in [0.15, 0.2) is 71.9 Å². The molecule has 5 aromatic rings. The van der Waals surface area contributed by atoms with E-state index in [4.69, 9.17) is 10.5 Å². The second-order valence-corrected chi connectivity index (χ2v) is 12.8. The summed E-state index contributed by atoms with van der Waals surface area (Å²) in [6.45, 7) is 7.20. The number of aromatic nitrogens is 5. The van der Waals surface area contributed by atoms with E-state index in [1.807, 2.05) is 90.8 Å². The molecule has 5 heterocycles. The molecule has 12 heteroatoms. The van der Waals surface area contributed by atoms with Gasteiger partial charge < -0.3 is 25.3 Å². The smallest absolute Gasteiger partial charge is 0.410 e. The van der Waals surface area contributed by atoms with Gasteiger partial charge in [-0.1, -0.05) is 30.3 Å². The van der Waals surface area contributed by atoms with Crippen LogP contribution in [-0.4, -0.2) is 59.5 Å². The fourth-order valence-corrected chi connectivity index (χ4v) is 6.32. The van der Waals surface area contributed by atoms with E-state index >= 15 is 0 Å². The zero-order valence-corrected chi connectivity index (χ0v) is 26.1. The van der Waals surface area contributed by atoms with Crippen LogP contribution < -0.4 is 16.6 Å². The van der Waals surface area contributed by atoms with E-state index in [-0.39, 0.29) is 23.3 Å². The van der Waals surface area contributed by atoms with E-state index < -0.39 is 11.5 Å². The molecule has 236 valence electrons. The Kier molecular flexibility index (Phi) is 7.14. The number of rotatable bonds is 5. The summed E-state index contributed by atoms with van der Waals surface area (Å²) in [6, 6.07) is 16.8. The first-order valence-electron chi connectivity index (χ1n) is 15.5. The highest BCUT2D eigenvalue weighted by Gasteiger charge is 2.36. The van der Waals surface area contributed by atoms with Gasteiger partial charge in [0, 0.05) is 37.1 Å². The van der Waals surface area contributed by atoms with Crippen LogP contribution in [0, 0.1) is 0 Å². The van der Waals surface area contributed by atoms with Gasteiger partial charge in [0.25, 0.3) is 11.5 Å². The first-order chi connectivity index (χ1) is 22.1. The maximum atomic E-state index is 13.6. The minimum atomic E-state index is -0.564. The number of likely N-dealkylation sites (tertiary alicyclic amines) is 1. The number of para-hydroxylation sites is 1. The van der Waals surface area contributed by atoms with Gasteiger partial charge in [0.1, 0.15) is 29.0 Å². The molecule has 0 aliphatic carbocycles. The zero-order chi connectivity index (χ0) is 32.2. The first kappa shape index (κ1) is 29.3. The Labute approximate surface area is 265 Å². The molecule has 2 aliphatic heterocycles. The summed E-state index contributed by atoms with van der Waals surface area (Å²) in [6.07, 6.45) is 5.62. The monoisotopic (exact) mass is 620 g/mol. The van der Waals surface area contributed by atoms with E-state index in [9.17, 15) is 14.4 Å². The molecule has 3 aromatic heterocycles. The van der Waals surface area contributed by atoms with Crippen molar-refractivity contribution in [3.8, 4) is 16.8 Å². The molecule has 1 saturated heterocycles. The van der Waals surface area contributed by atoms with Crippen molar-refractivity contribution >= 4 is 34.5 Å². The van der Waals surface area contributed by atoms with Gasteiger partial charge in [-0.25, -0.2) is 19.4 Å². The number of carbonyl (C=O) groups is 2. The fourth-order valence-electron chi connectivity index (χ4n) is 6.32. The minimum Gasteiger partial charge on any atom is -0.444 e. The van der Waals surface area contributed by atoms with Crippen LogP contribution in [0.25, 0.3) is 27.8 Å². The Balaban J connectivity index is 1.14. The lowest BCUT2D eigenvalue weighted by molar-refractivity contribution is 0.00151. The van der Waals surface area contributed by atoms with Crippen molar-refractivity contribution < 1.29 is 14.3 Å². The maximum Gasteiger partial charge on any atom is 0.410 e. The third kappa shape index (κ3) is 5.19. The standard InChI is InChI=1S/C34H36N8O4/c1-34(2,3)46-33(45)39-17-24(18-39)40-19-25(27-29(35)36-20-37-30(27)40)21-12-14-22(15-13-21)38-31(43)28-26-11-7-8-16-41(26)42(32(28)44)23-9-5-4-6-10-23/h4-6,9-10,12-15,19-20,24H,7-8,11,16-18H2,1-3H3,(H,38,43)(H2,35,36,37). The van der Waals surface area contributed by atoms with Crippen molar-refractivity contribution in [3.63, 3.8) is 0 Å². The van der Waals surface area contributed by atoms with E-state index in [1.165, 1.54) is 6.33 Å². The van der Waals surface area contributed by atoms with Crippen LogP contribution in [0.3, 0.4) is 0 Å². The Morgan fingerprint density at radius 1 is 1.00 bits per heavy atom. The number of hydrogen-bond donors (Lipinski definition) is 2. The fraction of sp³-hybridized carbons (Fsp3) is 0.324. The predicted molar refractivity (Wildman–Crippen MR) is 175 cm³/mol. The number of nitrogens with zero attached hydrogens (tertiary/aromatic N) is 6. The quantitative estimate of drug-likeness (QED) is 0.281. The second-order valence-electron chi connectivity index (χ2n) is 12.8. The predicted octanol–water partition coefficient (Wildman–Crippen LogP) is 5.01. The van der Waals surface area contributed by atoms with Crippen LogP contribution in [0.2, 0.25) is 0 Å². The van der Waals surface area contributed by atoms with Crippen molar-refractivity contribution in [2.45, 2.75) is 58.2 Å². The van der Waals surface area contributed by atoms with Crippen molar-refractivity contribution in [1.29, 1.82) is 0 Å². The minimum absolute atomic E-state index is 0.00454. The molecule has 0 atom stereocenters. The molecule has 12 nitrogen and oxygen atoms in total. The lowest BCUT2D eigenvalue weighted by Crippen LogP contribution is -2.52. The number of benzene rings is 2. The average molecular weight is 621 g/mol. The highest BCUT2D eigenvalue weighted by atomic mass is 16.6. The van der Waals surface area contributed by atoms with Crippen LogP contribution in [0.4, 0.5) is 16.3 Å². The molecule has 1 fully saturated rings. The third-order valence-corrected chi connectivity index (χ3v) is 8.51.